The summed E-state index contributed by atoms with van der Waals surface area (Å²) in [6.45, 7) is 0.590. The Bertz CT molecular complexity index is 571. The fourth-order valence-electron chi connectivity index (χ4n) is 1.49. The van der Waals surface area contributed by atoms with Crippen molar-refractivity contribution in [1.82, 2.24) is 4.98 Å². The SMILES string of the molecule is CN(Cc1ccccc1Cl)c1nc(C(=O)O)cs1. The third kappa shape index (κ3) is 2.80. The number of hydrogen-bond acceptors (Lipinski definition) is 4. The highest BCUT2D eigenvalue weighted by Crippen LogP contribution is 2.23. The Hall–Kier alpha value is -1.59. The van der Waals surface area contributed by atoms with Gasteiger partial charge in [0.2, 0.25) is 0 Å². The Morgan fingerprint density at radius 1 is 1.50 bits per heavy atom. The number of rotatable bonds is 4. The smallest absolute Gasteiger partial charge is 0.355 e. The lowest BCUT2D eigenvalue weighted by atomic mass is 10.2. The van der Waals surface area contributed by atoms with Crippen LogP contribution in [0.25, 0.3) is 0 Å². The Kier molecular flexibility index (Phi) is 3.84. The van der Waals surface area contributed by atoms with Crippen LogP contribution < -0.4 is 4.90 Å². The molecule has 4 nitrogen and oxygen atoms in total. The Morgan fingerprint density at radius 2 is 2.22 bits per heavy atom. The van der Waals surface area contributed by atoms with E-state index in [2.05, 4.69) is 4.98 Å². The highest BCUT2D eigenvalue weighted by Gasteiger charge is 2.12. The second-order valence-electron chi connectivity index (χ2n) is 3.77. The van der Waals surface area contributed by atoms with E-state index in [-0.39, 0.29) is 5.69 Å². The topological polar surface area (TPSA) is 53.4 Å². The molecule has 0 aliphatic rings. The normalized spacial score (nSPS) is 10.3. The van der Waals surface area contributed by atoms with E-state index in [1.165, 1.54) is 16.7 Å². The van der Waals surface area contributed by atoms with Crippen LogP contribution >= 0.6 is 22.9 Å². The minimum Gasteiger partial charge on any atom is -0.476 e. The van der Waals surface area contributed by atoms with Crippen molar-refractivity contribution in [2.45, 2.75) is 6.54 Å². The molecule has 18 heavy (non-hydrogen) atoms. The van der Waals surface area contributed by atoms with Crippen LogP contribution in [0.1, 0.15) is 16.1 Å². The summed E-state index contributed by atoms with van der Waals surface area (Å²) >= 11 is 7.38. The van der Waals surface area contributed by atoms with E-state index in [4.69, 9.17) is 16.7 Å². The maximum absolute atomic E-state index is 10.8. The molecular weight excluding hydrogens is 272 g/mol. The molecule has 0 bridgehead atoms. The first kappa shape index (κ1) is 12.9. The number of thiazole rings is 1. The van der Waals surface area contributed by atoms with Crippen LogP contribution in [0.4, 0.5) is 5.13 Å². The molecule has 0 atom stereocenters. The van der Waals surface area contributed by atoms with Crippen molar-refractivity contribution in [2.75, 3.05) is 11.9 Å². The number of aromatic nitrogens is 1. The Labute approximate surface area is 113 Å². The number of aromatic carboxylic acids is 1. The fourth-order valence-corrected chi connectivity index (χ4v) is 2.45. The quantitative estimate of drug-likeness (QED) is 0.936. The van der Waals surface area contributed by atoms with Gasteiger partial charge in [-0.05, 0) is 11.6 Å². The molecule has 0 fully saturated rings. The largest absolute Gasteiger partial charge is 0.476 e. The number of carboxylic acids is 1. The maximum Gasteiger partial charge on any atom is 0.355 e. The molecule has 0 aliphatic carbocycles. The third-order valence-electron chi connectivity index (χ3n) is 2.40. The first-order chi connectivity index (χ1) is 8.58. The second-order valence-corrected chi connectivity index (χ2v) is 5.01. The molecule has 2 rings (SSSR count). The molecule has 6 heteroatoms. The molecule has 0 saturated carbocycles. The average Bonchev–Trinajstić information content (AvgIpc) is 2.81. The summed E-state index contributed by atoms with van der Waals surface area (Å²) in [5.41, 5.74) is 1.05. The summed E-state index contributed by atoms with van der Waals surface area (Å²) in [4.78, 5) is 16.7. The van der Waals surface area contributed by atoms with Gasteiger partial charge in [0.15, 0.2) is 10.8 Å². The summed E-state index contributed by atoms with van der Waals surface area (Å²) in [5, 5.41) is 11.7. The van der Waals surface area contributed by atoms with Crippen molar-refractivity contribution in [3.05, 3.63) is 45.9 Å². The molecule has 0 amide bonds. The monoisotopic (exact) mass is 282 g/mol. The number of halogens is 1. The number of nitrogens with zero attached hydrogens (tertiary/aromatic N) is 2. The van der Waals surface area contributed by atoms with E-state index in [0.717, 1.165) is 5.56 Å². The summed E-state index contributed by atoms with van der Waals surface area (Å²) in [7, 11) is 1.85. The zero-order valence-electron chi connectivity index (χ0n) is 9.63. The lowest BCUT2D eigenvalue weighted by Crippen LogP contribution is -2.16. The molecule has 0 radical (unpaired) electrons. The van der Waals surface area contributed by atoms with Crippen molar-refractivity contribution < 1.29 is 9.90 Å². The highest BCUT2D eigenvalue weighted by molar-refractivity contribution is 7.13. The van der Waals surface area contributed by atoms with E-state index >= 15 is 0 Å². The minimum absolute atomic E-state index is 0.0704. The zero-order chi connectivity index (χ0) is 13.1. The molecule has 1 aromatic heterocycles. The van der Waals surface area contributed by atoms with Crippen molar-refractivity contribution in [3.8, 4) is 0 Å². The van der Waals surface area contributed by atoms with E-state index in [9.17, 15) is 4.79 Å². The van der Waals surface area contributed by atoms with Crippen molar-refractivity contribution in [3.63, 3.8) is 0 Å². The summed E-state index contributed by atoms with van der Waals surface area (Å²) < 4.78 is 0. The Balaban J connectivity index is 2.14. The molecule has 0 saturated heterocycles. The van der Waals surface area contributed by atoms with Crippen LogP contribution in [-0.4, -0.2) is 23.1 Å². The Morgan fingerprint density at radius 3 is 2.83 bits per heavy atom. The predicted molar refractivity (Wildman–Crippen MR) is 72.6 cm³/mol. The van der Waals surface area contributed by atoms with Crippen LogP contribution in [0.15, 0.2) is 29.6 Å². The molecule has 0 aliphatic heterocycles. The first-order valence-electron chi connectivity index (χ1n) is 5.21. The van der Waals surface area contributed by atoms with Crippen LogP contribution in [0.3, 0.4) is 0 Å². The second kappa shape index (κ2) is 5.37. The van der Waals surface area contributed by atoms with Gasteiger partial charge in [-0.15, -0.1) is 11.3 Å². The van der Waals surface area contributed by atoms with Crippen molar-refractivity contribution >= 4 is 34.0 Å². The molecule has 1 N–H and O–H groups in total. The predicted octanol–water partition coefficient (Wildman–Crippen LogP) is 3.13. The lowest BCUT2D eigenvalue weighted by Gasteiger charge is -2.16. The third-order valence-corrected chi connectivity index (χ3v) is 3.73. The van der Waals surface area contributed by atoms with E-state index < -0.39 is 5.97 Å². The zero-order valence-corrected chi connectivity index (χ0v) is 11.2. The molecule has 0 spiro atoms. The number of carboxylic acid groups (broad SMARTS) is 1. The summed E-state index contributed by atoms with van der Waals surface area (Å²) in [6.07, 6.45) is 0. The van der Waals surface area contributed by atoms with Gasteiger partial charge >= 0.3 is 5.97 Å². The van der Waals surface area contributed by atoms with Gasteiger partial charge in [0.05, 0.1) is 0 Å². The number of benzene rings is 1. The molecular formula is C12H11ClN2O2S. The van der Waals surface area contributed by atoms with Crippen molar-refractivity contribution in [1.29, 1.82) is 0 Å². The fraction of sp³-hybridized carbons (Fsp3) is 0.167. The average molecular weight is 283 g/mol. The number of hydrogen-bond donors (Lipinski definition) is 1. The lowest BCUT2D eigenvalue weighted by molar-refractivity contribution is 0.0691. The molecule has 1 aromatic carbocycles. The molecule has 1 heterocycles. The molecule has 2 aromatic rings. The molecule has 94 valence electrons. The van der Waals surface area contributed by atoms with E-state index in [0.29, 0.717) is 16.7 Å². The van der Waals surface area contributed by atoms with Gasteiger partial charge < -0.3 is 10.0 Å². The standard InChI is InChI=1S/C12H11ClN2O2S/c1-15(6-8-4-2-3-5-9(8)13)12-14-10(7-18-12)11(16)17/h2-5,7H,6H2,1H3,(H,16,17). The highest BCUT2D eigenvalue weighted by atomic mass is 35.5. The van der Waals surface area contributed by atoms with Crippen LogP contribution in [-0.2, 0) is 6.54 Å². The van der Waals surface area contributed by atoms with Gasteiger partial charge in [-0.2, -0.15) is 0 Å². The summed E-state index contributed by atoms with van der Waals surface area (Å²) in [5.74, 6) is -1.01. The van der Waals surface area contributed by atoms with Crippen LogP contribution in [0, 0.1) is 0 Å². The van der Waals surface area contributed by atoms with Crippen molar-refractivity contribution in [2.24, 2.45) is 0 Å². The van der Waals surface area contributed by atoms with E-state index in [1.54, 1.807) is 0 Å². The maximum atomic E-state index is 10.8. The van der Waals surface area contributed by atoms with Gasteiger partial charge in [0, 0.05) is 24.0 Å². The first-order valence-corrected chi connectivity index (χ1v) is 6.47. The van der Waals surface area contributed by atoms with E-state index in [1.807, 2.05) is 36.2 Å². The van der Waals surface area contributed by atoms with Gasteiger partial charge in [0.25, 0.3) is 0 Å². The van der Waals surface area contributed by atoms with Crippen LogP contribution in [0.5, 0.6) is 0 Å². The van der Waals surface area contributed by atoms with Gasteiger partial charge in [-0.25, -0.2) is 9.78 Å². The van der Waals surface area contributed by atoms with Gasteiger partial charge in [0.1, 0.15) is 0 Å². The summed E-state index contributed by atoms with van der Waals surface area (Å²) in [6, 6.07) is 7.55. The number of anilines is 1. The molecule has 0 unspecified atom stereocenters. The van der Waals surface area contributed by atoms with Gasteiger partial charge in [-0.3, -0.25) is 0 Å². The number of carbonyl (C=O) groups is 1. The van der Waals surface area contributed by atoms with Gasteiger partial charge in [-0.1, -0.05) is 29.8 Å². The van der Waals surface area contributed by atoms with Crippen LogP contribution in [0.2, 0.25) is 5.02 Å². The minimum atomic E-state index is -1.01.